The maximum absolute atomic E-state index is 6.15. The van der Waals surface area contributed by atoms with E-state index in [0.29, 0.717) is 0 Å². The number of hydrogen-bond acceptors (Lipinski definition) is 3. The van der Waals surface area contributed by atoms with Gasteiger partial charge in [0, 0.05) is 11.3 Å². The smallest absolute Gasteiger partial charge is 0.0962 e. The summed E-state index contributed by atoms with van der Waals surface area (Å²) in [5.74, 6) is 1.56. The van der Waals surface area contributed by atoms with Crippen LogP contribution in [0.3, 0.4) is 0 Å². The van der Waals surface area contributed by atoms with Gasteiger partial charge in [-0.1, -0.05) is 13.8 Å². The van der Waals surface area contributed by atoms with E-state index in [0.717, 1.165) is 24.0 Å². The first-order chi connectivity index (χ1) is 6.54. The molecule has 1 saturated carbocycles. The Hall–Kier alpha value is -0.410. The Balaban J connectivity index is 2.17. The van der Waals surface area contributed by atoms with Gasteiger partial charge < -0.3 is 5.73 Å². The molecule has 14 heavy (non-hydrogen) atoms. The van der Waals surface area contributed by atoms with E-state index in [-0.39, 0.29) is 5.54 Å². The molecule has 3 unspecified atom stereocenters. The van der Waals surface area contributed by atoms with Crippen molar-refractivity contribution in [3.63, 3.8) is 0 Å². The predicted molar refractivity (Wildman–Crippen MR) is 60.5 cm³/mol. The van der Waals surface area contributed by atoms with Crippen molar-refractivity contribution in [2.75, 3.05) is 0 Å². The van der Waals surface area contributed by atoms with Crippen LogP contribution in [0.4, 0.5) is 0 Å². The Labute approximate surface area is 89.5 Å². The van der Waals surface area contributed by atoms with Gasteiger partial charge in [-0.25, -0.2) is 4.98 Å². The van der Waals surface area contributed by atoms with Crippen LogP contribution in [0.25, 0.3) is 0 Å². The van der Waals surface area contributed by atoms with Crippen LogP contribution < -0.4 is 5.73 Å². The molecule has 3 heteroatoms. The Kier molecular flexibility index (Phi) is 2.40. The van der Waals surface area contributed by atoms with Crippen molar-refractivity contribution in [1.82, 2.24) is 4.98 Å². The topological polar surface area (TPSA) is 38.9 Å². The Morgan fingerprint density at radius 1 is 1.71 bits per heavy atom. The molecule has 0 amide bonds. The lowest BCUT2D eigenvalue weighted by atomic mass is 9.97. The van der Waals surface area contributed by atoms with Gasteiger partial charge in [0.2, 0.25) is 0 Å². The quantitative estimate of drug-likeness (QED) is 0.833. The molecule has 0 aromatic carbocycles. The molecular formula is C11H18N2S. The van der Waals surface area contributed by atoms with Crippen molar-refractivity contribution in [2.45, 2.75) is 45.1 Å². The molecule has 2 nitrogen and oxygen atoms in total. The molecule has 2 N–H and O–H groups in total. The van der Waals surface area contributed by atoms with E-state index in [2.05, 4.69) is 31.1 Å². The molecule has 1 aliphatic carbocycles. The fraction of sp³-hybridized carbons (Fsp3) is 0.727. The first-order valence-electron chi connectivity index (χ1n) is 5.29. The van der Waals surface area contributed by atoms with E-state index < -0.39 is 0 Å². The van der Waals surface area contributed by atoms with Gasteiger partial charge in [-0.05, 0) is 25.7 Å². The van der Waals surface area contributed by atoms with Crippen LogP contribution in [0, 0.1) is 5.92 Å². The molecule has 0 bridgehead atoms. The molecular weight excluding hydrogens is 192 g/mol. The highest BCUT2D eigenvalue weighted by Gasteiger charge is 2.37. The molecule has 1 aliphatic rings. The van der Waals surface area contributed by atoms with Gasteiger partial charge in [-0.2, -0.15) is 0 Å². The van der Waals surface area contributed by atoms with Crippen LogP contribution in [0.2, 0.25) is 0 Å². The third-order valence-electron chi connectivity index (χ3n) is 3.27. The van der Waals surface area contributed by atoms with E-state index in [1.807, 2.05) is 0 Å². The normalized spacial score (nSPS) is 30.0. The zero-order valence-electron chi connectivity index (χ0n) is 9.08. The molecule has 1 aromatic rings. The van der Waals surface area contributed by atoms with Crippen molar-refractivity contribution >= 4 is 11.3 Å². The van der Waals surface area contributed by atoms with E-state index in [4.69, 9.17) is 5.73 Å². The summed E-state index contributed by atoms with van der Waals surface area (Å²) in [5.41, 5.74) is 6.98. The summed E-state index contributed by atoms with van der Waals surface area (Å²) in [6.45, 7) is 6.45. The van der Waals surface area contributed by atoms with E-state index in [9.17, 15) is 0 Å². The van der Waals surface area contributed by atoms with Gasteiger partial charge in [0.15, 0.2) is 0 Å². The zero-order chi connectivity index (χ0) is 10.3. The summed E-state index contributed by atoms with van der Waals surface area (Å²) in [6, 6.07) is 0. The minimum atomic E-state index is -0.243. The van der Waals surface area contributed by atoms with Crippen LogP contribution in [0.15, 0.2) is 5.38 Å². The molecule has 1 aromatic heterocycles. The van der Waals surface area contributed by atoms with Crippen LogP contribution in [-0.2, 0) is 5.54 Å². The maximum Gasteiger partial charge on any atom is 0.0962 e. The highest BCUT2D eigenvalue weighted by Crippen LogP contribution is 2.48. The van der Waals surface area contributed by atoms with Crippen molar-refractivity contribution in [3.8, 4) is 0 Å². The van der Waals surface area contributed by atoms with Crippen LogP contribution >= 0.6 is 11.3 Å². The van der Waals surface area contributed by atoms with Gasteiger partial charge in [-0.15, -0.1) is 11.3 Å². The lowest BCUT2D eigenvalue weighted by molar-refractivity contribution is 0.463. The second-order valence-electron chi connectivity index (χ2n) is 4.66. The molecule has 0 aliphatic heterocycles. The number of nitrogens with two attached hydrogens (primary N) is 1. The molecule has 1 heterocycles. The third-order valence-corrected chi connectivity index (χ3v) is 4.24. The average Bonchev–Trinajstić information content (AvgIpc) is 2.70. The summed E-state index contributed by atoms with van der Waals surface area (Å²) >= 11 is 1.78. The SMILES string of the molecule is CCC(C)(N)c1csc(C2CC2C)n1. The minimum Gasteiger partial charge on any atom is -0.320 e. The van der Waals surface area contributed by atoms with E-state index in [1.54, 1.807) is 11.3 Å². The lowest BCUT2D eigenvalue weighted by Crippen LogP contribution is -2.32. The molecule has 2 rings (SSSR count). The summed E-state index contributed by atoms with van der Waals surface area (Å²) in [5, 5.41) is 3.42. The second-order valence-corrected chi connectivity index (χ2v) is 5.55. The zero-order valence-corrected chi connectivity index (χ0v) is 9.90. The van der Waals surface area contributed by atoms with E-state index >= 15 is 0 Å². The maximum atomic E-state index is 6.15. The molecule has 0 radical (unpaired) electrons. The molecule has 1 fully saturated rings. The summed E-state index contributed by atoms with van der Waals surface area (Å²) < 4.78 is 0. The van der Waals surface area contributed by atoms with Crippen LogP contribution in [-0.4, -0.2) is 4.98 Å². The minimum absolute atomic E-state index is 0.243. The van der Waals surface area contributed by atoms with E-state index in [1.165, 1.54) is 11.4 Å². The van der Waals surface area contributed by atoms with Crippen molar-refractivity contribution in [1.29, 1.82) is 0 Å². The monoisotopic (exact) mass is 210 g/mol. The van der Waals surface area contributed by atoms with Gasteiger partial charge in [-0.3, -0.25) is 0 Å². The fourth-order valence-corrected chi connectivity index (χ4v) is 2.78. The van der Waals surface area contributed by atoms with Crippen molar-refractivity contribution < 1.29 is 0 Å². The highest BCUT2D eigenvalue weighted by molar-refractivity contribution is 7.09. The number of aromatic nitrogens is 1. The number of rotatable bonds is 3. The Morgan fingerprint density at radius 2 is 2.36 bits per heavy atom. The Bertz CT molecular complexity index is 330. The van der Waals surface area contributed by atoms with Gasteiger partial charge in [0.05, 0.1) is 16.2 Å². The highest BCUT2D eigenvalue weighted by atomic mass is 32.1. The number of nitrogens with zero attached hydrogens (tertiary/aromatic N) is 1. The summed E-state index contributed by atoms with van der Waals surface area (Å²) in [7, 11) is 0. The van der Waals surface area contributed by atoms with Gasteiger partial charge in [0.25, 0.3) is 0 Å². The molecule has 0 spiro atoms. The predicted octanol–water partition coefficient (Wildman–Crippen LogP) is 2.85. The first kappa shape index (κ1) is 10.1. The third kappa shape index (κ3) is 1.71. The average molecular weight is 210 g/mol. The van der Waals surface area contributed by atoms with Crippen LogP contribution in [0.1, 0.15) is 50.2 Å². The number of thiazole rings is 1. The standard InChI is InChI=1S/C11H18N2S/c1-4-11(3,12)9-6-14-10(13-9)8-5-7(8)2/h6-8H,4-5,12H2,1-3H3. The second kappa shape index (κ2) is 3.31. The van der Waals surface area contributed by atoms with Gasteiger partial charge >= 0.3 is 0 Å². The van der Waals surface area contributed by atoms with Crippen molar-refractivity contribution in [2.24, 2.45) is 11.7 Å². The Morgan fingerprint density at radius 3 is 2.86 bits per heavy atom. The first-order valence-corrected chi connectivity index (χ1v) is 6.17. The largest absolute Gasteiger partial charge is 0.320 e. The molecule has 3 atom stereocenters. The summed E-state index contributed by atoms with van der Waals surface area (Å²) in [6.07, 6.45) is 2.25. The fourth-order valence-electron chi connectivity index (χ4n) is 1.57. The molecule has 0 saturated heterocycles. The van der Waals surface area contributed by atoms with Crippen molar-refractivity contribution in [3.05, 3.63) is 16.1 Å². The molecule has 78 valence electrons. The van der Waals surface area contributed by atoms with Gasteiger partial charge in [0.1, 0.15) is 0 Å². The number of hydrogen-bond donors (Lipinski definition) is 1. The lowest BCUT2D eigenvalue weighted by Gasteiger charge is -2.19. The summed E-state index contributed by atoms with van der Waals surface area (Å²) in [4.78, 5) is 4.66. The van der Waals surface area contributed by atoms with Crippen LogP contribution in [0.5, 0.6) is 0 Å².